The van der Waals surface area contributed by atoms with E-state index in [4.69, 9.17) is 0 Å². The second kappa shape index (κ2) is 8.98. The molecule has 4 aromatic rings. The predicted octanol–water partition coefficient (Wildman–Crippen LogP) is 5.06. The van der Waals surface area contributed by atoms with Gasteiger partial charge in [0.05, 0.1) is 5.56 Å². The van der Waals surface area contributed by atoms with Crippen LogP contribution >= 0.6 is 0 Å². The normalized spacial score (nSPS) is 16.5. The summed E-state index contributed by atoms with van der Waals surface area (Å²) in [5, 5.41) is 10.3. The molecule has 178 valence electrons. The fraction of sp³-hybridized carbons (Fsp3) is 0.231. The highest BCUT2D eigenvalue weighted by molar-refractivity contribution is 6.00. The van der Waals surface area contributed by atoms with Crippen molar-refractivity contribution in [3.05, 3.63) is 84.2 Å². The van der Waals surface area contributed by atoms with Crippen molar-refractivity contribution >= 4 is 22.5 Å². The van der Waals surface area contributed by atoms with E-state index in [1.54, 1.807) is 18.5 Å². The number of rotatable bonds is 3. The lowest BCUT2D eigenvalue weighted by atomic mass is 10.0. The number of carbonyl (C=O) groups is 1. The van der Waals surface area contributed by atoms with Gasteiger partial charge in [0.25, 0.3) is 5.91 Å². The fourth-order valence-corrected chi connectivity index (χ4v) is 4.45. The van der Waals surface area contributed by atoms with E-state index in [0.717, 1.165) is 22.9 Å². The van der Waals surface area contributed by atoms with E-state index < -0.39 is 11.7 Å². The molecule has 0 unspecified atom stereocenters. The van der Waals surface area contributed by atoms with Crippen LogP contribution in [0.2, 0.25) is 0 Å². The van der Waals surface area contributed by atoms with Crippen LogP contribution in [-0.4, -0.2) is 51.7 Å². The topological polar surface area (TPSA) is 62.2 Å². The zero-order valence-electron chi connectivity index (χ0n) is 18.9. The van der Waals surface area contributed by atoms with E-state index in [0.29, 0.717) is 42.3 Å². The first-order chi connectivity index (χ1) is 16.8. The van der Waals surface area contributed by atoms with Gasteiger partial charge in [0, 0.05) is 60.0 Å². The van der Waals surface area contributed by atoms with E-state index in [2.05, 4.69) is 20.1 Å². The molecule has 1 aliphatic heterocycles. The number of carbonyl (C=O) groups excluding carboxylic acids is 1. The molecule has 1 atom stereocenters. The first kappa shape index (κ1) is 22.8. The highest BCUT2D eigenvalue weighted by atomic mass is 19.4. The number of piperazine rings is 1. The molecule has 1 aliphatic rings. The average Bonchev–Trinajstić information content (AvgIpc) is 2.88. The Morgan fingerprint density at radius 2 is 1.69 bits per heavy atom. The van der Waals surface area contributed by atoms with E-state index in [1.165, 1.54) is 12.1 Å². The summed E-state index contributed by atoms with van der Waals surface area (Å²) in [6, 6.07) is 15.8. The molecule has 0 N–H and O–H groups in total. The summed E-state index contributed by atoms with van der Waals surface area (Å²) >= 11 is 0. The number of aromatic nitrogens is 3. The Hall–Kier alpha value is -4.01. The van der Waals surface area contributed by atoms with Gasteiger partial charge in [-0.2, -0.15) is 13.2 Å². The summed E-state index contributed by atoms with van der Waals surface area (Å²) in [7, 11) is 0. The van der Waals surface area contributed by atoms with E-state index in [9.17, 15) is 18.0 Å². The fourth-order valence-electron chi connectivity index (χ4n) is 4.45. The minimum absolute atomic E-state index is 0.00647. The van der Waals surface area contributed by atoms with Gasteiger partial charge >= 0.3 is 6.18 Å². The molecule has 0 radical (unpaired) electrons. The van der Waals surface area contributed by atoms with Crippen molar-refractivity contribution in [2.75, 3.05) is 24.5 Å². The Kier molecular flexibility index (Phi) is 5.84. The number of nitrogens with zero attached hydrogens (tertiary/aromatic N) is 5. The van der Waals surface area contributed by atoms with Crippen molar-refractivity contribution in [3.8, 4) is 11.3 Å². The molecular weight excluding hydrogens is 455 g/mol. The number of halogens is 3. The first-order valence-corrected chi connectivity index (χ1v) is 11.2. The van der Waals surface area contributed by atoms with Crippen LogP contribution in [0.4, 0.5) is 19.0 Å². The van der Waals surface area contributed by atoms with Gasteiger partial charge in [-0.05, 0) is 37.3 Å². The van der Waals surface area contributed by atoms with Gasteiger partial charge in [0.2, 0.25) is 0 Å². The quantitative estimate of drug-likeness (QED) is 0.413. The van der Waals surface area contributed by atoms with E-state index >= 15 is 0 Å². The van der Waals surface area contributed by atoms with Crippen LogP contribution in [0.3, 0.4) is 0 Å². The van der Waals surface area contributed by atoms with Gasteiger partial charge in [0.1, 0.15) is 5.69 Å². The van der Waals surface area contributed by atoms with Gasteiger partial charge in [-0.1, -0.05) is 30.3 Å². The summed E-state index contributed by atoms with van der Waals surface area (Å²) < 4.78 is 38.9. The molecule has 3 heterocycles. The maximum absolute atomic E-state index is 13.0. The van der Waals surface area contributed by atoms with Gasteiger partial charge < -0.3 is 9.80 Å². The van der Waals surface area contributed by atoms with Crippen LogP contribution in [0.15, 0.2) is 73.1 Å². The van der Waals surface area contributed by atoms with Crippen LogP contribution in [0.1, 0.15) is 22.8 Å². The lowest BCUT2D eigenvalue weighted by molar-refractivity contribution is -0.137. The minimum Gasteiger partial charge on any atom is -0.351 e. The second-order valence-electron chi connectivity index (χ2n) is 8.53. The molecule has 0 aliphatic carbocycles. The third-order valence-corrected chi connectivity index (χ3v) is 6.26. The summed E-state index contributed by atoms with van der Waals surface area (Å²) in [5.41, 5.74) is 0.975. The molecule has 1 fully saturated rings. The van der Waals surface area contributed by atoms with Gasteiger partial charge in [-0.3, -0.25) is 9.78 Å². The first-order valence-electron chi connectivity index (χ1n) is 11.2. The Labute approximate surface area is 200 Å². The second-order valence-corrected chi connectivity index (χ2v) is 8.53. The van der Waals surface area contributed by atoms with Crippen molar-refractivity contribution in [2.24, 2.45) is 0 Å². The molecule has 0 spiro atoms. The summed E-state index contributed by atoms with van der Waals surface area (Å²) in [6.07, 6.45) is -1.08. The molecule has 2 aromatic carbocycles. The Bertz CT molecular complexity index is 1360. The highest BCUT2D eigenvalue weighted by Crippen LogP contribution is 2.34. The van der Waals surface area contributed by atoms with Crippen molar-refractivity contribution in [1.29, 1.82) is 0 Å². The van der Waals surface area contributed by atoms with Crippen LogP contribution in [0.25, 0.3) is 22.0 Å². The molecule has 6 nitrogen and oxygen atoms in total. The molecule has 1 saturated heterocycles. The number of pyridine rings is 1. The van der Waals surface area contributed by atoms with Gasteiger partial charge in [0.15, 0.2) is 5.82 Å². The molecule has 2 aromatic heterocycles. The minimum atomic E-state index is -4.40. The number of fused-ring (bicyclic) bond motifs is 1. The van der Waals surface area contributed by atoms with Crippen LogP contribution < -0.4 is 4.90 Å². The van der Waals surface area contributed by atoms with E-state index in [1.807, 2.05) is 42.2 Å². The summed E-state index contributed by atoms with van der Waals surface area (Å²) in [5.74, 6) is 0.635. The maximum Gasteiger partial charge on any atom is 0.416 e. The predicted molar refractivity (Wildman–Crippen MR) is 127 cm³/mol. The SMILES string of the molecule is C[C@H]1CN(c2nnc(-c3ccc(C(F)(F)F)cc3)c3ccncc23)CCN1C(=O)c1ccccc1. The smallest absolute Gasteiger partial charge is 0.351 e. The Morgan fingerprint density at radius 1 is 0.943 bits per heavy atom. The zero-order chi connectivity index (χ0) is 24.6. The highest BCUT2D eigenvalue weighted by Gasteiger charge is 2.31. The van der Waals surface area contributed by atoms with Gasteiger partial charge in [-0.25, -0.2) is 0 Å². The van der Waals surface area contributed by atoms with Crippen molar-refractivity contribution in [3.63, 3.8) is 0 Å². The molecule has 35 heavy (non-hydrogen) atoms. The molecule has 9 heteroatoms. The lowest BCUT2D eigenvalue weighted by Gasteiger charge is -2.40. The number of anilines is 1. The lowest BCUT2D eigenvalue weighted by Crippen LogP contribution is -2.54. The number of hydrogen-bond acceptors (Lipinski definition) is 5. The number of benzene rings is 2. The molecule has 1 amide bonds. The van der Waals surface area contributed by atoms with Crippen LogP contribution in [0, 0.1) is 0 Å². The van der Waals surface area contributed by atoms with Crippen molar-refractivity contribution in [2.45, 2.75) is 19.1 Å². The summed E-state index contributed by atoms with van der Waals surface area (Å²) in [6.45, 7) is 3.66. The Morgan fingerprint density at radius 3 is 2.37 bits per heavy atom. The number of amides is 1. The monoisotopic (exact) mass is 477 g/mol. The molecule has 0 saturated carbocycles. The van der Waals surface area contributed by atoms with Crippen molar-refractivity contribution < 1.29 is 18.0 Å². The van der Waals surface area contributed by atoms with Gasteiger partial charge in [-0.15, -0.1) is 10.2 Å². The zero-order valence-corrected chi connectivity index (χ0v) is 18.9. The van der Waals surface area contributed by atoms with Crippen LogP contribution in [-0.2, 0) is 6.18 Å². The average molecular weight is 477 g/mol. The largest absolute Gasteiger partial charge is 0.416 e. The summed E-state index contributed by atoms with van der Waals surface area (Å²) in [4.78, 5) is 21.1. The number of alkyl halides is 3. The molecule has 5 rings (SSSR count). The standard InChI is InChI=1S/C26H22F3N5O/c1-17-16-33(13-14-34(17)25(35)19-5-3-2-4-6-19)24-22-15-30-12-11-21(22)23(31-32-24)18-7-9-20(10-8-18)26(27,28)29/h2-12,15,17H,13-14,16H2,1H3/t17-/m0/s1. The maximum atomic E-state index is 13.0. The molecule has 0 bridgehead atoms. The van der Waals surface area contributed by atoms with Crippen molar-refractivity contribution in [1.82, 2.24) is 20.1 Å². The Balaban J connectivity index is 1.43. The third-order valence-electron chi connectivity index (χ3n) is 6.26. The van der Waals surface area contributed by atoms with Crippen LogP contribution in [0.5, 0.6) is 0 Å². The number of hydrogen-bond donors (Lipinski definition) is 0. The third kappa shape index (κ3) is 4.41. The van der Waals surface area contributed by atoms with E-state index in [-0.39, 0.29) is 11.9 Å². The molecular formula is C26H22F3N5O.